The van der Waals surface area contributed by atoms with Crippen molar-refractivity contribution >= 4 is 28.9 Å². The van der Waals surface area contributed by atoms with E-state index in [-0.39, 0.29) is 29.6 Å². The minimum absolute atomic E-state index is 0.0920. The van der Waals surface area contributed by atoms with E-state index in [1.165, 1.54) is 19.1 Å². The van der Waals surface area contributed by atoms with Gasteiger partial charge < -0.3 is 19.9 Å². The molecule has 0 aliphatic rings. The molecule has 8 heteroatoms. The Bertz CT molecular complexity index is 626. The molecule has 0 saturated heterocycles. The molecule has 25 heavy (non-hydrogen) atoms. The molecular formula is C17H23NO6S. The highest BCUT2D eigenvalue weighted by molar-refractivity contribution is 8.13. The van der Waals surface area contributed by atoms with Gasteiger partial charge in [0.2, 0.25) is 5.91 Å². The molecule has 0 saturated carbocycles. The molecule has 1 amide bonds. The molecule has 1 aromatic rings. The van der Waals surface area contributed by atoms with Crippen LogP contribution >= 0.6 is 11.8 Å². The topological polar surface area (TPSA) is 102 Å². The van der Waals surface area contributed by atoms with Crippen LogP contribution in [0.3, 0.4) is 0 Å². The number of thioether (sulfide) groups is 1. The first-order chi connectivity index (χ1) is 11.6. The van der Waals surface area contributed by atoms with Gasteiger partial charge in [-0.3, -0.25) is 4.79 Å². The minimum atomic E-state index is -0.671. The van der Waals surface area contributed by atoms with Gasteiger partial charge in [0.05, 0.1) is 12.6 Å². The van der Waals surface area contributed by atoms with Crippen molar-refractivity contribution in [1.82, 2.24) is 5.32 Å². The number of amides is 1. The molecule has 7 nitrogen and oxygen atoms in total. The Hall–Kier alpha value is -2.06. The number of hydrogen-bond acceptors (Lipinski definition) is 7. The number of hydrogen-bond donors (Lipinski definition) is 2. The average Bonchev–Trinajstić information content (AvgIpc) is 2.49. The van der Waals surface area contributed by atoms with Gasteiger partial charge in [-0.2, -0.15) is 0 Å². The third kappa shape index (κ3) is 8.04. The van der Waals surface area contributed by atoms with Crippen LogP contribution in [-0.4, -0.2) is 46.3 Å². The fourth-order valence-electron chi connectivity index (χ4n) is 1.77. The predicted molar refractivity (Wildman–Crippen MR) is 94.8 cm³/mol. The van der Waals surface area contributed by atoms with Crippen LogP contribution in [0.15, 0.2) is 24.3 Å². The number of carbonyl (C=O) groups excluding carboxylic acids is 3. The summed E-state index contributed by atoms with van der Waals surface area (Å²) < 4.78 is 10.5. The van der Waals surface area contributed by atoms with Crippen LogP contribution in [0.5, 0.6) is 5.75 Å². The van der Waals surface area contributed by atoms with Crippen molar-refractivity contribution in [3.05, 3.63) is 29.8 Å². The fraction of sp³-hybridized carbons (Fsp3) is 0.471. The van der Waals surface area contributed by atoms with Crippen molar-refractivity contribution in [2.75, 3.05) is 12.4 Å². The third-order valence-electron chi connectivity index (χ3n) is 2.73. The zero-order valence-corrected chi connectivity index (χ0v) is 15.5. The van der Waals surface area contributed by atoms with E-state index >= 15 is 0 Å². The number of nitrogens with one attached hydrogen (secondary N) is 1. The lowest BCUT2D eigenvalue weighted by Crippen LogP contribution is -2.38. The van der Waals surface area contributed by atoms with Crippen LogP contribution in [0.2, 0.25) is 0 Å². The lowest BCUT2D eigenvalue weighted by atomic mass is 10.1. The number of rotatable bonds is 6. The maximum Gasteiger partial charge on any atom is 0.372 e. The maximum absolute atomic E-state index is 12.2. The molecule has 0 radical (unpaired) electrons. The molecule has 1 atom stereocenters. The maximum atomic E-state index is 12.2. The Kier molecular flexibility index (Phi) is 7.92. The number of benzene rings is 1. The Labute approximate surface area is 151 Å². The molecule has 2 N–H and O–H groups in total. The second kappa shape index (κ2) is 9.43. The zero-order chi connectivity index (χ0) is 19.0. The van der Waals surface area contributed by atoms with Crippen molar-refractivity contribution < 1.29 is 29.0 Å². The average molecular weight is 369 g/mol. The molecule has 0 aliphatic heterocycles. The lowest BCUT2D eigenvalue weighted by Gasteiger charge is -2.20. The Balaban J connectivity index is 2.71. The number of esters is 1. The molecule has 0 aliphatic carbocycles. The number of para-hydroxylation sites is 1. The van der Waals surface area contributed by atoms with Gasteiger partial charge in [-0.15, -0.1) is 0 Å². The Morgan fingerprint density at radius 3 is 2.44 bits per heavy atom. The number of carbonyl (C=O) groups is 3. The van der Waals surface area contributed by atoms with E-state index < -0.39 is 22.9 Å². The van der Waals surface area contributed by atoms with Gasteiger partial charge in [-0.05, 0) is 44.7 Å². The van der Waals surface area contributed by atoms with E-state index in [1.54, 1.807) is 32.9 Å². The van der Waals surface area contributed by atoms with Crippen molar-refractivity contribution in [3.8, 4) is 5.75 Å². The van der Waals surface area contributed by atoms with Crippen LogP contribution < -0.4 is 10.1 Å². The van der Waals surface area contributed by atoms with Gasteiger partial charge in [-0.25, -0.2) is 9.59 Å². The highest BCUT2D eigenvalue weighted by Crippen LogP contribution is 2.23. The van der Waals surface area contributed by atoms with E-state index in [1.807, 2.05) is 0 Å². The normalized spacial score (nSPS) is 12.2. The van der Waals surface area contributed by atoms with Crippen LogP contribution in [0.4, 0.5) is 4.79 Å². The molecule has 0 bridgehead atoms. The molecule has 1 rings (SSSR count). The highest BCUT2D eigenvalue weighted by Gasteiger charge is 2.22. The van der Waals surface area contributed by atoms with Crippen LogP contribution in [0.25, 0.3) is 0 Å². The summed E-state index contributed by atoms with van der Waals surface area (Å²) in [6.07, 6.45) is 0. The van der Waals surface area contributed by atoms with Crippen LogP contribution in [0.1, 0.15) is 38.1 Å². The van der Waals surface area contributed by atoms with E-state index in [0.29, 0.717) is 0 Å². The van der Waals surface area contributed by atoms with Gasteiger partial charge in [-0.1, -0.05) is 12.1 Å². The fourth-order valence-corrected chi connectivity index (χ4v) is 2.45. The summed E-state index contributed by atoms with van der Waals surface area (Å²) in [5, 5.41) is 11.0. The second-order valence-electron chi connectivity index (χ2n) is 6.24. The predicted octanol–water partition coefficient (Wildman–Crippen LogP) is 2.37. The summed E-state index contributed by atoms with van der Waals surface area (Å²) in [5.41, 5.74) is -0.526. The van der Waals surface area contributed by atoms with Crippen LogP contribution in [-0.2, 0) is 9.53 Å². The number of aliphatic hydroxyl groups is 1. The first kappa shape index (κ1) is 21.0. The van der Waals surface area contributed by atoms with Gasteiger partial charge in [0, 0.05) is 12.7 Å². The molecule has 1 aromatic carbocycles. The summed E-state index contributed by atoms with van der Waals surface area (Å²) in [6.45, 7) is 6.25. The molecule has 0 heterocycles. The number of aliphatic hydroxyl groups excluding tert-OH is 1. The molecule has 0 spiro atoms. The van der Waals surface area contributed by atoms with Crippen LogP contribution in [0, 0.1) is 0 Å². The molecule has 0 aromatic heterocycles. The Morgan fingerprint density at radius 2 is 1.88 bits per heavy atom. The van der Waals surface area contributed by atoms with E-state index in [2.05, 4.69) is 5.32 Å². The summed E-state index contributed by atoms with van der Waals surface area (Å²) in [4.78, 5) is 35.2. The number of ether oxygens (including phenoxy) is 2. The van der Waals surface area contributed by atoms with Gasteiger partial charge in [0.15, 0.2) is 0 Å². The zero-order valence-electron chi connectivity index (χ0n) is 14.7. The summed E-state index contributed by atoms with van der Waals surface area (Å²) in [7, 11) is 0. The monoisotopic (exact) mass is 369 g/mol. The largest absolute Gasteiger partial charge is 0.456 e. The Morgan fingerprint density at radius 1 is 1.24 bits per heavy atom. The van der Waals surface area contributed by atoms with E-state index in [0.717, 1.165) is 11.8 Å². The lowest BCUT2D eigenvalue weighted by molar-refractivity contribution is -0.119. The van der Waals surface area contributed by atoms with Crippen molar-refractivity contribution in [1.29, 1.82) is 0 Å². The summed E-state index contributed by atoms with van der Waals surface area (Å²) >= 11 is 0.792. The third-order valence-corrected chi connectivity index (χ3v) is 3.62. The van der Waals surface area contributed by atoms with Gasteiger partial charge in [0.25, 0.3) is 0 Å². The van der Waals surface area contributed by atoms with Crippen molar-refractivity contribution in [2.45, 2.75) is 39.3 Å². The first-order valence-corrected chi connectivity index (χ1v) is 8.66. The SMILES string of the molecule is CC(=O)NC(CO)CSC(=O)Oc1ccccc1C(=O)OC(C)(C)C. The second-order valence-corrected chi connectivity index (χ2v) is 7.20. The van der Waals surface area contributed by atoms with E-state index in [4.69, 9.17) is 14.6 Å². The van der Waals surface area contributed by atoms with Gasteiger partial charge in [0.1, 0.15) is 16.9 Å². The van der Waals surface area contributed by atoms with E-state index in [9.17, 15) is 14.4 Å². The minimum Gasteiger partial charge on any atom is -0.456 e. The first-order valence-electron chi connectivity index (χ1n) is 7.67. The van der Waals surface area contributed by atoms with Crippen molar-refractivity contribution in [3.63, 3.8) is 0 Å². The smallest absolute Gasteiger partial charge is 0.372 e. The molecule has 0 fully saturated rings. The summed E-state index contributed by atoms with van der Waals surface area (Å²) in [6, 6.07) is 5.72. The highest BCUT2D eigenvalue weighted by atomic mass is 32.2. The quantitative estimate of drug-likeness (QED) is 0.742. The van der Waals surface area contributed by atoms with Gasteiger partial charge >= 0.3 is 11.3 Å². The molecular weight excluding hydrogens is 346 g/mol. The molecule has 138 valence electrons. The standard InChI is InChI=1S/C17H23NO6S/c1-11(20)18-12(9-19)10-25-16(22)23-14-8-6-5-7-13(14)15(21)24-17(2,3)4/h5-8,12,19H,9-10H2,1-4H3,(H,18,20). The summed E-state index contributed by atoms with van der Waals surface area (Å²) in [5.74, 6) is -0.659. The molecule has 1 unspecified atom stereocenters. The van der Waals surface area contributed by atoms with Crippen molar-refractivity contribution in [2.24, 2.45) is 0 Å².